The molecule has 0 saturated carbocycles. The fourth-order valence-electron chi connectivity index (χ4n) is 1.94. The standard InChI is InChI=1S/C13H28BrN/c1-6-9-15(12(4)5)11-13(7-2,8-3)10-14/h12H,6-11H2,1-5H3. The first-order chi connectivity index (χ1) is 7.05. The molecule has 0 aromatic carbocycles. The van der Waals surface area contributed by atoms with E-state index in [1.165, 1.54) is 32.4 Å². The summed E-state index contributed by atoms with van der Waals surface area (Å²) in [5.41, 5.74) is 0.472. The van der Waals surface area contributed by atoms with Crippen LogP contribution in [0.3, 0.4) is 0 Å². The van der Waals surface area contributed by atoms with Gasteiger partial charge in [-0.1, -0.05) is 36.7 Å². The second kappa shape index (κ2) is 7.67. The molecule has 0 aliphatic carbocycles. The zero-order chi connectivity index (χ0) is 11.9. The Balaban J connectivity index is 4.45. The molecule has 2 heteroatoms. The molecule has 0 N–H and O–H groups in total. The Bertz CT molecular complexity index is 144. The molecule has 0 bridgehead atoms. The van der Waals surface area contributed by atoms with Gasteiger partial charge in [0.15, 0.2) is 0 Å². The second-order valence-electron chi connectivity index (χ2n) is 4.90. The average Bonchev–Trinajstić information content (AvgIpc) is 2.24. The molecule has 0 aromatic rings. The fourth-order valence-corrected chi connectivity index (χ4v) is 2.91. The molecule has 15 heavy (non-hydrogen) atoms. The summed E-state index contributed by atoms with van der Waals surface area (Å²) < 4.78 is 0. The third-order valence-electron chi connectivity index (χ3n) is 3.56. The maximum atomic E-state index is 3.70. The van der Waals surface area contributed by atoms with Crippen molar-refractivity contribution in [2.24, 2.45) is 5.41 Å². The highest BCUT2D eigenvalue weighted by molar-refractivity contribution is 9.09. The second-order valence-corrected chi connectivity index (χ2v) is 5.47. The van der Waals surface area contributed by atoms with Crippen molar-refractivity contribution in [3.8, 4) is 0 Å². The van der Waals surface area contributed by atoms with Gasteiger partial charge in [0.25, 0.3) is 0 Å². The van der Waals surface area contributed by atoms with E-state index in [1.807, 2.05) is 0 Å². The van der Waals surface area contributed by atoms with Gasteiger partial charge in [-0.15, -0.1) is 0 Å². The number of hydrogen-bond acceptors (Lipinski definition) is 1. The van der Waals surface area contributed by atoms with Gasteiger partial charge in [-0.3, -0.25) is 0 Å². The number of alkyl halides is 1. The normalized spacial score (nSPS) is 12.8. The summed E-state index contributed by atoms with van der Waals surface area (Å²) in [5, 5.41) is 1.12. The summed E-state index contributed by atoms with van der Waals surface area (Å²) in [4.78, 5) is 2.62. The van der Waals surface area contributed by atoms with Gasteiger partial charge in [0.2, 0.25) is 0 Å². The van der Waals surface area contributed by atoms with Crippen LogP contribution in [0.15, 0.2) is 0 Å². The van der Waals surface area contributed by atoms with Crippen molar-refractivity contribution in [2.45, 2.75) is 59.9 Å². The summed E-state index contributed by atoms with van der Waals surface area (Å²) in [7, 11) is 0. The van der Waals surface area contributed by atoms with Crippen molar-refractivity contribution in [3.05, 3.63) is 0 Å². The molecule has 92 valence electrons. The third kappa shape index (κ3) is 4.86. The van der Waals surface area contributed by atoms with Gasteiger partial charge in [-0.2, -0.15) is 0 Å². The summed E-state index contributed by atoms with van der Waals surface area (Å²) in [6, 6.07) is 0.668. The summed E-state index contributed by atoms with van der Waals surface area (Å²) in [6.45, 7) is 14.0. The van der Waals surface area contributed by atoms with E-state index in [1.54, 1.807) is 0 Å². The van der Waals surface area contributed by atoms with Crippen LogP contribution in [0, 0.1) is 5.41 Å². The van der Waals surface area contributed by atoms with Crippen LogP contribution in [0.5, 0.6) is 0 Å². The Hall–Kier alpha value is 0.440. The SMILES string of the molecule is CCCN(CC(CC)(CC)CBr)C(C)C. The van der Waals surface area contributed by atoms with Gasteiger partial charge in [0, 0.05) is 17.9 Å². The Morgan fingerprint density at radius 2 is 1.67 bits per heavy atom. The Morgan fingerprint density at radius 3 is 1.93 bits per heavy atom. The quantitative estimate of drug-likeness (QED) is 0.598. The number of rotatable bonds is 8. The molecule has 0 rings (SSSR count). The van der Waals surface area contributed by atoms with Crippen molar-refractivity contribution in [1.82, 2.24) is 4.90 Å². The Labute approximate surface area is 105 Å². The van der Waals surface area contributed by atoms with Crippen LogP contribution in [-0.4, -0.2) is 29.4 Å². The lowest BCUT2D eigenvalue weighted by Gasteiger charge is -2.38. The molecule has 0 heterocycles. The van der Waals surface area contributed by atoms with Crippen LogP contribution >= 0.6 is 15.9 Å². The van der Waals surface area contributed by atoms with Crippen molar-refractivity contribution in [1.29, 1.82) is 0 Å². The van der Waals surface area contributed by atoms with Crippen LogP contribution in [0.1, 0.15) is 53.9 Å². The van der Waals surface area contributed by atoms with E-state index in [9.17, 15) is 0 Å². The molecular formula is C13H28BrN. The van der Waals surface area contributed by atoms with E-state index in [2.05, 4.69) is 55.4 Å². The highest BCUT2D eigenvalue weighted by Gasteiger charge is 2.28. The molecule has 0 amide bonds. The smallest absolute Gasteiger partial charge is 0.01000 e. The molecule has 0 radical (unpaired) electrons. The monoisotopic (exact) mass is 277 g/mol. The molecule has 1 nitrogen and oxygen atoms in total. The summed E-state index contributed by atoms with van der Waals surface area (Å²) in [5.74, 6) is 0. The van der Waals surface area contributed by atoms with Gasteiger partial charge < -0.3 is 4.90 Å². The van der Waals surface area contributed by atoms with Crippen molar-refractivity contribution in [3.63, 3.8) is 0 Å². The predicted octanol–water partition coefficient (Wildman–Crippen LogP) is 4.31. The third-order valence-corrected chi connectivity index (χ3v) is 4.75. The Morgan fingerprint density at radius 1 is 1.13 bits per heavy atom. The van der Waals surface area contributed by atoms with E-state index >= 15 is 0 Å². The number of hydrogen-bond donors (Lipinski definition) is 0. The van der Waals surface area contributed by atoms with Gasteiger partial charge in [0.05, 0.1) is 0 Å². The summed E-state index contributed by atoms with van der Waals surface area (Å²) >= 11 is 3.70. The van der Waals surface area contributed by atoms with Gasteiger partial charge in [-0.05, 0) is 45.1 Å². The fraction of sp³-hybridized carbons (Fsp3) is 1.00. The lowest BCUT2D eigenvalue weighted by molar-refractivity contribution is 0.129. The minimum absolute atomic E-state index is 0.472. The van der Waals surface area contributed by atoms with Gasteiger partial charge in [0.1, 0.15) is 0 Å². The van der Waals surface area contributed by atoms with Gasteiger partial charge in [-0.25, -0.2) is 0 Å². The molecule has 0 saturated heterocycles. The first kappa shape index (κ1) is 15.4. The molecule has 0 aliphatic heterocycles. The van der Waals surface area contributed by atoms with Crippen molar-refractivity contribution < 1.29 is 0 Å². The van der Waals surface area contributed by atoms with Gasteiger partial charge >= 0.3 is 0 Å². The van der Waals surface area contributed by atoms with E-state index in [0.29, 0.717) is 11.5 Å². The minimum Gasteiger partial charge on any atom is -0.300 e. The average molecular weight is 278 g/mol. The lowest BCUT2D eigenvalue weighted by Crippen LogP contribution is -2.42. The van der Waals surface area contributed by atoms with Crippen LogP contribution < -0.4 is 0 Å². The number of halogens is 1. The van der Waals surface area contributed by atoms with E-state index in [-0.39, 0.29) is 0 Å². The largest absolute Gasteiger partial charge is 0.300 e. The first-order valence-electron chi connectivity index (χ1n) is 6.35. The zero-order valence-electron chi connectivity index (χ0n) is 11.1. The molecule has 0 fully saturated rings. The maximum Gasteiger partial charge on any atom is 0.01000 e. The highest BCUT2D eigenvalue weighted by atomic mass is 79.9. The van der Waals surface area contributed by atoms with Crippen LogP contribution in [0.4, 0.5) is 0 Å². The zero-order valence-corrected chi connectivity index (χ0v) is 12.7. The molecule has 0 spiro atoms. The molecule has 0 atom stereocenters. The molecule has 0 aliphatic rings. The first-order valence-corrected chi connectivity index (χ1v) is 7.47. The molecule has 0 unspecified atom stereocenters. The highest BCUT2D eigenvalue weighted by Crippen LogP contribution is 2.30. The van der Waals surface area contributed by atoms with Crippen molar-refractivity contribution >= 4 is 15.9 Å². The minimum atomic E-state index is 0.472. The van der Waals surface area contributed by atoms with Crippen LogP contribution in [-0.2, 0) is 0 Å². The van der Waals surface area contributed by atoms with E-state index < -0.39 is 0 Å². The number of nitrogens with zero attached hydrogens (tertiary/aromatic N) is 1. The maximum absolute atomic E-state index is 3.70. The molecule has 0 aromatic heterocycles. The van der Waals surface area contributed by atoms with Crippen LogP contribution in [0.2, 0.25) is 0 Å². The predicted molar refractivity (Wildman–Crippen MR) is 73.8 cm³/mol. The summed E-state index contributed by atoms with van der Waals surface area (Å²) in [6.07, 6.45) is 3.79. The Kier molecular flexibility index (Phi) is 7.90. The van der Waals surface area contributed by atoms with Crippen molar-refractivity contribution in [2.75, 3.05) is 18.4 Å². The lowest BCUT2D eigenvalue weighted by atomic mass is 9.83. The van der Waals surface area contributed by atoms with Crippen LogP contribution in [0.25, 0.3) is 0 Å². The van der Waals surface area contributed by atoms with E-state index in [0.717, 1.165) is 5.33 Å². The van der Waals surface area contributed by atoms with E-state index in [4.69, 9.17) is 0 Å². The topological polar surface area (TPSA) is 3.24 Å². The molecular weight excluding hydrogens is 250 g/mol.